The number of hydrogen-bond acceptors (Lipinski definition) is 3. The molecule has 0 aromatic carbocycles. The fourth-order valence-corrected chi connectivity index (χ4v) is 3.88. The fourth-order valence-electron chi connectivity index (χ4n) is 3.88. The van der Waals surface area contributed by atoms with E-state index in [1.165, 1.54) is 32.4 Å². The Balaban J connectivity index is 1.85. The average molecular weight is 325 g/mol. The molecule has 0 amide bonds. The zero-order valence-electron chi connectivity index (χ0n) is 15.8. The van der Waals surface area contributed by atoms with Crippen molar-refractivity contribution >= 4 is 5.96 Å². The minimum absolute atomic E-state index is 0.163. The number of nitrogens with one attached hydrogen (secondary N) is 1. The van der Waals surface area contributed by atoms with Crippen LogP contribution in [0.5, 0.6) is 0 Å². The van der Waals surface area contributed by atoms with Crippen LogP contribution in [-0.2, 0) is 4.74 Å². The SMILES string of the molecule is CN=C(NCC(C)(C)N1CCCC(C)C1)N1CCC(COC)C1. The lowest BCUT2D eigenvalue weighted by Gasteiger charge is -2.43. The summed E-state index contributed by atoms with van der Waals surface area (Å²) >= 11 is 0. The first-order chi connectivity index (χ1) is 11.0. The third-order valence-corrected chi connectivity index (χ3v) is 5.39. The minimum atomic E-state index is 0.163. The maximum absolute atomic E-state index is 5.30. The van der Waals surface area contributed by atoms with E-state index in [1.54, 1.807) is 7.11 Å². The minimum Gasteiger partial charge on any atom is -0.384 e. The summed E-state index contributed by atoms with van der Waals surface area (Å²) in [5, 5.41) is 3.62. The molecule has 2 fully saturated rings. The van der Waals surface area contributed by atoms with Crippen molar-refractivity contribution in [1.29, 1.82) is 0 Å². The van der Waals surface area contributed by atoms with Gasteiger partial charge in [-0.1, -0.05) is 6.92 Å². The number of guanidine groups is 1. The second kappa shape index (κ2) is 8.34. The van der Waals surface area contributed by atoms with Gasteiger partial charge in [-0.05, 0) is 45.6 Å². The first kappa shape index (κ1) is 18.5. The number of aliphatic imine (C=N–C) groups is 1. The summed E-state index contributed by atoms with van der Waals surface area (Å²) in [4.78, 5) is 9.51. The van der Waals surface area contributed by atoms with Gasteiger partial charge < -0.3 is 15.0 Å². The molecule has 0 radical (unpaired) electrons. The van der Waals surface area contributed by atoms with Crippen LogP contribution in [0.15, 0.2) is 4.99 Å². The van der Waals surface area contributed by atoms with Crippen LogP contribution in [0.1, 0.15) is 40.0 Å². The van der Waals surface area contributed by atoms with Crippen LogP contribution in [0.4, 0.5) is 0 Å². The number of likely N-dealkylation sites (tertiary alicyclic amines) is 2. The summed E-state index contributed by atoms with van der Waals surface area (Å²) in [6.07, 6.45) is 3.89. The van der Waals surface area contributed by atoms with Crippen molar-refractivity contribution in [2.24, 2.45) is 16.8 Å². The van der Waals surface area contributed by atoms with Crippen molar-refractivity contribution in [3.8, 4) is 0 Å². The van der Waals surface area contributed by atoms with Gasteiger partial charge in [0.1, 0.15) is 0 Å². The van der Waals surface area contributed by atoms with E-state index in [9.17, 15) is 0 Å². The van der Waals surface area contributed by atoms with Gasteiger partial charge in [-0.15, -0.1) is 0 Å². The molecule has 0 aromatic heterocycles. The molecule has 2 aliphatic heterocycles. The van der Waals surface area contributed by atoms with Crippen molar-refractivity contribution < 1.29 is 4.74 Å². The van der Waals surface area contributed by atoms with Crippen molar-refractivity contribution in [2.45, 2.75) is 45.6 Å². The number of methoxy groups -OCH3 is 1. The van der Waals surface area contributed by atoms with Gasteiger partial charge >= 0.3 is 0 Å². The molecular weight excluding hydrogens is 288 g/mol. The highest BCUT2D eigenvalue weighted by Crippen LogP contribution is 2.23. The summed E-state index contributed by atoms with van der Waals surface area (Å²) in [5.41, 5.74) is 0.163. The maximum Gasteiger partial charge on any atom is 0.193 e. The Morgan fingerprint density at radius 3 is 2.70 bits per heavy atom. The molecule has 0 saturated carbocycles. The summed E-state index contributed by atoms with van der Waals surface area (Å²) in [6, 6.07) is 0. The third kappa shape index (κ3) is 5.08. The third-order valence-electron chi connectivity index (χ3n) is 5.39. The summed E-state index contributed by atoms with van der Waals surface area (Å²) in [5.74, 6) is 2.49. The molecule has 0 bridgehead atoms. The smallest absolute Gasteiger partial charge is 0.193 e. The molecule has 0 aliphatic carbocycles. The maximum atomic E-state index is 5.30. The predicted octanol–water partition coefficient (Wildman–Crippen LogP) is 2.04. The van der Waals surface area contributed by atoms with Crippen molar-refractivity contribution in [1.82, 2.24) is 15.1 Å². The molecule has 2 atom stereocenters. The molecule has 5 nitrogen and oxygen atoms in total. The predicted molar refractivity (Wildman–Crippen MR) is 97.0 cm³/mol. The molecule has 2 unspecified atom stereocenters. The van der Waals surface area contributed by atoms with E-state index in [0.29, 0.717) is 5.92 Å². The molecule has 2 heterocycles. The van der Waals surface area contributed by atoms with Crippen LogP contribution in [0, 0.1) is 11.8 Å². The van der Waals surface area contributed by atoms with Crippen molar-refractivity contribution in [2.75, 3.05) is 53.5 Å². The van der Waals surface area contributed by atoms with Crippen LogP contribution < -0.4 is 5.32 Å². The quantitative estimate of drug-likeness (QED) is 0.621. The van der Waals surface area contributed by atoms with E-state index in [0.717, 1.165) is 38.1 Å². The first-order valence-corrected chi connectivity index (χ1v) is 9.16. The van der Waals surface area contributed by atoms with E-state index in [4.69, 9.17) is 4.74 Å². The molecule has 2 rings (SSSR count). The van der Waals surface area contributed by atoms with E-state index < -0.39 is 0 Å². The van der Waals surface area contributed by atoms with Crippen LogP contribution in [0.25, 0.3) is 0 Å². The summed E-state index contributed by atoms with van der Waals surface area (Å²) < 4.78 is 5.30. The Hall–Kier alpha value is -0.810. The fraction of sp³-hybridized carbons (Fsp3) is 0.944. The number of rotatable bonds is 5. The molecule has 134 valence electrons. The Bertz CT molecular complexity index is 396. The monoisotopic (exact) mass is 324 g/mol. The van der Waals surface area contributed by atoms with Gasteiger partial charge in [0.2, 0.25) is 0 Å². The van der Waals surface area contributed by atoms with E-state index in [1.807, 2.05) is 7.05 Å². The summed E-state index contributed by atoms with van der Waals surface area (Å²) in [6.45, 7) is 13.4. The second-order valence-corrected chi connectivity index (χ2v) is 7.96. The Morgan fingerprint density at radius 2 is 2.04 bits per heavy atom. The van der Waals surface area contributed by atoms with Crippen molar-refractivity contribution in [3.05, 3.63) is 0 Å². The number of piperidine rings is 1. The van der Waals surface area contributed by atoms with Gasteiger partial charge in [0, 0.05) is 51.8 Å². The molecule has 23 heavy (non-hydrogen) atoms. The van der Waals surface area contributed by atoms with Crippen LogP contribution in [0.2, 0.25) is 0 Å². The highest BCUT2D eigenvalue weighted by Gasteiger charge is 2.31. The van der Waals surface area contributed by atoms with Gasteiger partial charge in [0.15, 0.2) is 5.96 Å². The largest absolute Gasteiger partial charge is 0.384 e. The molecule has 5 heteroatoms. The van der Waals surface area contributed by atoms with Gasteiger partial charge in [-0.2, -0.15) is 0 Å². The number of nitrogens with zero attached hydrogens (tertiary/aromatic N) is 3. The summed E-state index contributed by atoms with van der Waals surface area (Å²) in [7, 11) is 3.68. The lowest BCUT2D eigenvalue weighted by molar-refractivity contribution is 0.0735. The van der Waals surface area contributed by atoms with E-state index in [2.05, 4.69) is 40.9 Å². The highest BCUT2D eigenvalue weighted by atomic mass is 16.5. The Kier molecular flexibility index (Phi) is 6.72. The van der Waals surface area contributed by atoms with Gasteiger partial charge in [0.05, 0.1) is 6.61 Å². The molecule has 0 aromatic rings. The molecule has 2 aliphatic rings. The Labute approximate surface area is 142 Å². The normalized spacial score (nSPS) is 27.5. The van der Waals surface area contributed by atoms with Crippen LogP contribution >= 0.6 is 0 Å². The van der Waals surface area contributed by atoms with E-state index in [-0.39, 0.29) is 5.54 Å². The van der Waals surface area contributed by atoms with E-state index >= 15 is 0 Å². The van der Waals surface area contributed by atoms with Gasteiger partial charge in [-0.3, -0.25) is 9.89 Å². The van der Waals surface area contributed by atoms with Crippen molar-refractivity contribution in [3.63, 3.8) is 0 Å². The van der Waals surface area contributed by atoms with Crippen LogP contribution in [-0.4, -0.2) is 74.8 Å². The Morgan fingerprint density at radius 1 is 1.26 bits per heavy atom. The van der Waals surface area contributed by atoms with Gasteiger partial charge in [-0.25, -0.2) is 0 Å². The second-order valence-electron chi connectivity index (χ2n) is 7.96. The average Bonchev–Trinajstić information content (AvgIpc) is 2.97. The zero-order valence-corrected chi connectivity index (χ0v) is 15.8. The topological polar surface area (TPSA) is 40.1 Å². The number of hydrogen-bond donors (Lipinski definition) is 1. The molecular formula is C18H36N4O. The highest BCUT2D eigenvalue weighted by molar-refractivity contribution is 5.80. The molecule has 0 spiro atoms. The zero-order chi connectivity index (χ0) is 16.9. The lowest BCUT2D eigenvalue weighted by atomic mass is 9.93. The van der Waals surface area contributed by atoms with Crippen LogP contribution in [0.3, 0.4) is 0 Å². The molecule has 1 N–H and O–H groups in total. The molecule has 2 saturated heterocycles. The first-order valence-electron chi connectivity index (χ1n) is 9.16. The standard InChI is InChI=1S/C18H36N4O/c1-15-7-6-9-22(11-15)18(2,3)14-20-17(19-4)21-10-8-16(12-21)13-23-5/h15-16H,6-14H2,1-5H3,(H,19,20). The lowest BCUT2D eigenvalue weighted by Crippen LogP contribution is -2.56. The van der Waals surface area contributed by atoms with Gasteiger partial charge in [0.25, 0.3) is 0 Å². The number of ether oxygens (including phenoxy) is 1.